The van der Waals surface area contributed by atoms with Gasteiger partial charge in [0.1, 0.15) is 0 Å². The number of likely N-dealkylation sites (tertiary alicyclic amines) is 1. The van der Waals surface area contributed by atoms with Crippen molar-refractivity contribution in [3.63, 3.8) is 0 Å². The Labute approximate surface area is 143 Å². The Balaban J connectivity index is 1.75. The molecule has 1 aliphatic carbocycles. The highest BCUT2D eigenvalue weighted by Gasteiger charge is 2.47. The third-order valence-corrected chi connectivity index (χ3v) is 6.01. The number of amides is 1. The van der Waals surface area contributed by atoms with Crippen LogP contribution in [0.25, 0.3) is 0 Å². The van der Waals surface area contributed by atoms with Gasteiger partial charge in [0.2, 0.25) is 5.91 Å². The van der Waals surface area contributed by atoms with E-state index in [4.69, 9.17) is 0 Å². The molecule has 2 aliphatic rings. The van der Waals surface area contributed by atoms with E-state index in [1.807, 2.05) is 23.1 Å². The van der Waals surface area contributed by atoms with E-state index in [2.05, 4.69) is 19.1 Å². The van der Waals surface area contributed by atoms with Gasteiger partial charge in [-0.15, -0.1) is 0 Å². The standard InChI is InChI=1S/C20H27NO3/c1-2-16(15-8-4-3-5-9-15)17-10-6-13-21(17)18(22)14-20(19(23)24)11-7-12-20/h3-5,8-9,16-17H,2,6-7,10-14H2,1H3,(H,23,24). The first kappa shape index (κ1) is 17.0. The molecule has 1 amide bonds. The number of carboxylic acid groups (broad SMARTS) is 1. The van der Waals surface area contributed by atoms with Gasteiger partial charge in [-0.1, -0.05) is 43.7 Å². The quantitative estimate of drug-likeness (QED) is 0.863. The van der Waals surface area contributed by atoms with E-state index in [0.717, 1.165) is 32.2 Å². The summed E-state index contributed by atoms with van der Waals surface area (Å²) in [5, 5.41) is 9.50. The first-order valence-corrected chi connectivity index (χ1v) is 9.15. The number of benzene rings is 1. The number of hydrogen-bond donors (Lipinski definition) is 1. The molecule has 3 rings (SSSR count). The first-order valence-electron chi connectivity index (χ1n) is 9.15. The molecule has 2 atom stereocenters. The van der Waals surface area contributed by atoms with E-state index < -0.39 is 11.4 Å². The minimum atomic E-state index is -0.798. The third kappa shape index (κ3) is 3.06. The van der Waals surface area contributed by atoms with E-state index in [9.17, 15) is 14.7 Å². The van der Waals surface area contributed by atoms with Crippen LogP contribution in [0.15, 0.2) is 30.3 Å². The van der Waals surface area contributed by atoms with Crippen molar-refractivity contribution < 1.29 is 14.7 Å². The van der Waals surface area contributed by atoms with Gasteiger partial charge >= 0.3 is 5.97 Å². The van der Waals surface area contributed by atoms with E-state index in [1.165, 1.54) is 5.56 Å². The lowest BCUT2D eigenvalue weighted by atomic mass is 9.66. The van der Waals surface area contributed by atoms with Crippen molar-refractivity contribution in [2.24, 2.45) is 5.41 Å². The zero-order chi connectivity index (χ0) is 17.2. The highest BCUT2D eigenvalue weighted by atomic mass is 16.4. The molecule has 4 nitrogen and oxygen atoms in total. The molecule has 0 aromatic heterocycles. The maximum Gasteiger partial charge on any atom is 0.310 e. The van der Waals surface area contributed by atoms with Crippen molar-refractivity contribution in [1.82, 2.24) is 4.90 Å². The minimum Gasteiger partial charge on any atom is -0.481 e. The molecular formula is C20H27NO3. The molecule has 1 saturated heterocycles. The lowest BCUT2D eigenvalue weighted by Gasteiger charge is -2.39. The van der Waals surface area contributed by atoms with Gasteiger partial charge in [0.05, 0.1) is 5.41 Å². The van der Waals surface area contributed by atoms with Gasteiger partial charge < -0.3 is 10.0 Å². The van der Waals surface area contributed by atoms with Gasteiger partial charge in [0.15, 0.2) is 0 Å². The molecule has 0 radical (unpaired) electrons. The Morgan fingerprint density at radius 3 is 2.50 bits per heavy atom. The second kappa shape index (κ2) is 6.96. The lowest BCUT2D eigenvalue weighted by molar-refractivity contribution is -0.159. The van der Waals surface area contributed by atoms with Crippen LogP contribution in [0.1, 0.15) is 63.4 Å². The second-order valence-electron chi connectivity index (χ2n) is 7.34. The Morgan fingerprint density at radius 2 is 1.96 bits per heavy atom. The molecule has 1 saturated carbocycles. The SMILES string of the molecule is CCC(c1ccccc1)C1CCCN1C(=O)CC1(C(=O)O)CCC1. The number of aliphatic carboxylic acids is 1. The van der Waals surface area contributed by atoms with Gasteiger partial charge in [0, 0.05) is 24.9 Å². The van der Waals surface area contributed by atoms with Crippen molar-refractivity contribution in [2.45, 2.75) is 63.8 Å². The predicted molar refractivity (Wildman–Crippen MR) is 92.7 cm³/mol. The van der Waals surface area contributed by atoms with Crippen LogP contribution in [0.4, 0.5) is 0 Å². The van der Waals surface area contributed by atoms with Crippen molar-refractivity contribution in [3.05, 3.63) is 35.9 Å². The first-order chi connectivity index (χ1) is 11.6. The zero-order valence-corrected chi connectivity index (χ0v) is 14.4. The van der Waals surface area contributed by atoms with Crippen LogP contribution in [0, 0.1) is 5.41 Å². The summed E-state index contributed by atoms with van der Waals surface area (Å²) in [7, 11) is 0. The van der Waals surface area contributed by atoms with Crippen LogP contribution in [0.5, 0.6) is 0 Å². The normalized spacial score (nSPS) is 23.5. The van der Waals surface area contributed by atoms with Crippen molar-refractivity contribution >= 4 is 11.9 Å². The molecule has 1 aliphatic heterocycles. The maximum absolute atomic E-state index is 12.9. The number of rotatable bonds is 6. The highest BCUT2D eigenvalue weighted by Crippen LogP contribution is 2.45. The Kier molecular flexibility index (Phi) is 4.93. The monoisotopic (exact) mass is 329 g/mol. The van der Waals surface area contributed by atoms with E-state index in [0.29, 0.717) is 18.8 Å². The molecule has 1 aromatic rings. The predicted octanol–water partition coefficient (Wildman–Crippen LogP) is 3.82. The molecule has 1 N–H and O–H groups in total. The van der Waals surface area contributed by atoms with Gasteiger partial charge in [-0.2, -0.15) is 0 Å². The van der Waals surface area contributed by atoms with Crippen LogP contribution >= 0.6 is 0 Å². The largest absolute Gasteiger partial charge is 0.481 e. The zero-order valence-electron chi connectivity index (χ0n) is 14.4. The summed E-state index contributed by atoms with van der Waals surface area (Å²) in [5.41, 5.74) is 0.486. The summed E-state index contributed by atoms with van der Waals surface area (Å²) < 4.78 is 0. The number of carboxylic acids is 1. The summed E-state index contributed by atoms with van der Waals surface area (Å²) in [5.74, 6) is -0.429. The number of nitrogens with zero attached hydrogens (tertiary/aromatic N) is 1. The van der Waals surface area contributed by atoms with Gasteiger partial charge in [-0.25, -0.2) is 0 Å². The molecule has 130 valence electrons. The molecule has 4 heteroatoms. The Hall–Kier alpha value is -1.84. The van der Waals surface area contributed by atoms with Gasteiger partial charge in [-0.3, -0.25) is 9.59 Å². The molecule has 1 aromatic carbocycles. The van der Waals surface area contributed by atoms with Gasteiger partial charge in [0.25, 0.3) is 0 Å². The molecule has 1 heterocycles. The molecule has 0 spiro atoms. The summed E-state index contributed by atoms with van der Waals surface area (Å²) in [4.78, 5) is 26.4. The number of hydrogen-bond acceptors (Lipinski definition) is 2. The van der Waals surface area contributed by atoms with Crippen LogP contribution in [0.3, 0.4) is 0 Å². The summed E-state index contributed by atoms with van der Waals surface area (Å²) in [6.07, 6.45) is 5.39. The van der Waals surface area contributed by atoms with Crippen molar-refractivity contribution in [2.75, 3.05) is 6.54 Å². The van der Waals surface area contributed by atoms with E-state index in [1.54, 1.807) is 0 Å². The van der Waals surface area contributed by atoms with Crippen LogP contribution in [0.2, 0.25) is 0 Å². The smallest absolute Gasteiger partial charge is 0.310 e. The fraction of sp³-hybridized carbons (Fsp3) is 0.600. The fourth-order valence-electron chi connectivity index (χ4n) is 4.41. The van der Waals surface area contributed by atoms with E-state index in [-0.39, 0.29) is 18.4 Å². The molecule has 24 heavy (non-hydrogen) atoms. The van der Waals surface area contributed by atoms with Crippen LogP contribution < -0.4 is 0 Å². The summed E-state index contributed by atoms with van der Waals surface area (Å²) in [6, 6.07) is 10.6. The topological polar surface area (TPSA) is 57.6 Å². The Bertz CT molecular complexity index is 594. The third-order valence-electron chi connectivity index (χ3n) is 6.01. The van der Waals surface area contributed by atoms with E-state index >= 15 is 0 Å². The van der Waals surface area contributed by atoms with Gasteiger partial charge in [-0.05, 0) is 37.7 Å². The average Bonchev–Trinajstić information content (AvgIpc) is 3.01. The van der Waals surface area contributed by atoms with Crippen molar-refractivity contribution in [1.29, 1.82) is 0 Å². The Morgan fingerprint density at radius 1 is 1.25 bits per heavy atom. The minimum absolute atomic E-state index is 0.0361. The summed E-state index contributed by atoms with van der Waals surface area (Å²) >= 11 is 0. The molecule has 2 fully saturated rings. The van der Waals surface area contributed by atoms with Crippen molar-refractivity contribution in [3.8, 4) is 0 Å². The molecular weight excluding hydrogens is 302 g/mol. The highest BCUT2D eigenvalue weighted by molar-refractivity contribution is 5.86. The van der Waals surface area contributed by atoms with Crippen LogP contribution in [-0.4, -0.2) is 34.5 Å². The second-order valence-corrected chi connectivity index (χ2v) is 7.34. The molecule has 2 unspecified atom stereocenters. The lowest BCUT2D eigenvalue weighted by Crippen LogP contribution is -2.46. The maximum atomic E-state index is 12.9. The summed E-state index contributed by atoms with van der Waals surface area (Å²) in [6.45, 7) is 2.94. The average molecular weight is 329 g/mol. The fourth-order valence-corrected chi connectivity index (χ4v) is 4.41. The number of carbonyl (C=O) groups is 2. The number of carbonyl (C=O) groups excluding carboxylic acids is 1. The van der Waals surface area contributed by atoms with Crippen LogP contribution in [-0.2, 0) is 9.59 Å². The molecule has 0 bridgehead atoms.